The van der Waals surface area contributed by atoms with E-state index in [4.69, 9.17) is 0 Å². The molecule has 0 radical (unpaired) electrons. The maximum atomic E-state index is 11.9. The van der Waals surface area contributed by atoms with Gasteiger partial charge in [0.25, 0.3) is 0 Å². The molecule has 1 saturated carbocycles. The van der Waals surface area contributed by atoms with Gasteiger partial charge in [0.05, 0.1) is 5.75 Å². The van der Waals surface area contributed by atoms with Gasteiger partial charge in [0, 0.05) is 19.1 Å². The number of hydrogen-bond acceptors (Lipinski definition) is 3. The van der Waals surface area contributed by atoms with Gasteiger partial charge in [-0.25, -0.2) is 13.1 Å². The van der Waals surface area contributed by atoms with Crippen LogP contribution in [-0.2, 0) is 10.0 Å². The van der Waals surface area contributed by atoms with Crippen molar-refractivity contribution >= 4 is 10.0 Å². The van der Waals surface area contributed by atoms with E-state index in [1.54, 1.807) is 0 Å². The zero-order valence-electron chi connectivity index (χ0n) is 12.7. The Morgan fingerprint density at radius 1 is 1.21 bits per heavy atom. The Morgan fingerprint density at radius 2 is 1.89 bits per heavy atom. The summed E-state index contributed by atoms with van der Waals surface area (Å²) < 4.78 is 26.5. The molecule has 1 fully saturated rings. The van der Waals surface area contributed by atoms with Gasteiger partial charge in [0.1, 0.15) is 0 Å². The highest BCUT2D eigenvalue weighted by molar-refractivity contribution is 7.89. The minimum Gasteiger partial charge on any atom is -0.313 e. The molecule has 0 atom stereocenters. The fourth-order valence-corrected chi connectivity index (χ4v) is 3.15. The minimum absolute atomic E-state index is 0.0478. The van der Waals surface area contributed by atoms with Gasteiger partial charge < -0.3 is 5.32 Å². The molecule has 0 unspecified atom stereocenters. The van der Waals surface area contributed by atoms with E-state index < -0.39 is 10.0 Å². The van der Waals surface area contributed by atoms with Crippen LogP contribution in [0.15, 0.2) is 0 Å². The summed E-state index contributed by atoms with van der Waals surface area (Å²) in [6, 6.07) is 0.570. The zero-order valence-corrected chi connectivity index (χ0v) is 13.5. The molecule has 5 heteroatoms. The summed E-state index contributed by atoms with van der Waals surface area (Å²) in [6.07, 6.45) is 7.06. The molecule has 1 aliphatic rings. The van der Waals surface area contributed by atoms with Crippen LogP contribution in [-0.4, -0.2) is 33.3 Å². The average Bonchev–Trinajstić information content (AvgIpc) is 3.11. The van der Waals surface area contributed by atoms with Gasteiger partial charge in [0.15, 0.2) is 0 Å². The van der Waals surface area contributed by atoms with Crippen LogP contribution in [0.25, 0.3) is 0 Å². The molecule has 4 nitrogen and oxygen atoms in total. The van der Waals surface area contributed by atoms with Crippen molar-refractivity contribution in [2.45, 2.75) is 65.3 Å². The summed E-state index contributed by atoms with van der Waals surface area (Å²) in [5.74, 6) is 0.189. The molecule has 0 amide bonds. The molecule has 0 spiro atoms. The number of sulfonamides is 1. The van der Waals surface area contributed by atoms with Gasteiger partial charge in [0.2, 0.25) is 10.0 Å². The van der Waals surface area contributed by atoms with Crippen molar-refractivity contribution < 1.29 is 8.42 Å². The lowest BCUT2D eigenvalue weighted by Gasteiger charge is -2.24. The fraction of sp³-hybridized carbons (Fsp3) is 1.00. The summed E-state index contributed by atoms with van der Waals surface area (Å²) in [4.78, 5) is 0. The highest BCUT2D eigenvalue weighted by Crippen LogP contribution is 2.23. The number of unbranched alkanes of at least 4 members (excludes halogenated alkanes) is 2. The third-order valence-corrected chi connectivity index (χ3v) is 4.93. The molecule has 0 aromatic carbocycles. The van der Waals surface area contributed by atoms with Crippen molar-refractivity contribution in [3.05, 3.63) is 0 Å². The van der Waals surface area contributed by atoms with E-state index in [2.05, 4.69) is 30.8 Å². The Hall–Kier alpha value is -0.130. The molecule has 19 heavy (non-hydrogen) atoms. The highest BCUT2D eigenvalue weighted by Gasteiger charge is 2.23. The van der Waals surface area contributed by atoms with Crippen molar-refractivity contribution in [2.24, 2.45) is 5.41 Å². The van der Waals surface area contributed by atoms with Crippen LogP contribution in [0.3, 0.4) is 0 Å². The maximum absolute atomic E-state index is 11.9. The lowest BCUT2D eigenvalue weighted by molar-refractivity contribution is 0.320. The van der Waals surface area contributed by atoms with Crippen LogP contribution in [0.1, 0.15) is 59.3 Å². The monoisotopic (exact) mass is 290 g/mol. The molecule has 0 aliphatic heterocycles. The average molecular weight is 290 g/mol. The first kappa shape index (κ1) is 16.9. The van der Waals surface area contributed by atoms with E-state index in [9.17, 15) is 8.42 Å². The lowest BCUT2D eigenvalue weighted by atomic mass is 9.87. The van der Waals surface area contributed by atoms with Gasteiger partial charge in [-0.1, -0.05) is 40.0 Å². The standard InChI is InChI=1S/C14H30N2O2S/c1-4-5-6-9-14(2,3)12-16-19(17,18)11-10-15-13-7-8-13/h13,15-16H,4-12H2,1-3H3. The fourth-order valence-electron chi connectivity index (χ4n) is 2.00. The van der Waals surface area contributed by atoms with Crippen LogP contribution in [0, 0.1) is 5.41 Å². The molecule has 1 aliphatic carbocycles. The van der Waals surface area contributed by atoms with E-state index in [0.29, 0.717) is 19.1 Å². The van der Waals surface area contributed by atoms with Gasteiger partial charge in [-0.2, -0.15) is 0 Å². The Kier molecular flexibility index (Phi) is 6.77. The Morgan fingerprint density at radius 3 is 2.47 bits per heavy atom. The number of rotatable bonds is 11. The molecule has 2 N–H and O–H groups in total. The summed E-state index contributed by atoms with van der Waals surface area (Å²) >= 11 is 0. The van der Waals surface area contributed by atoms with Gasteiger partial charge >= 0.3 is 0 Å². The first-order valence-corrected chi connectivity index (χ1v) is 9.20. The van der Waals surface area contributed by atoms with E-state index in [1.807, 2.05) is 0 Å². The number of hydrogen-bond donors (Lipinski definition) is 2. The Labute approximate surface area is 118 Å². The zero-order chi connectivity index (χ0) is 14.4. The molecule has 0 saturated heterocycles. The van der Waals surface area contributed by atoms with E-state index in [-0.39, 0.29) is 11.2 Å². The number of nitrogens with one attached hydrogen (secondary N) is 2. The molecular formula is C14H30N2O2S. The molecule has 0 aromatic rings. The van der Waals surface area contributed by atoms with Crippen LogP contribution in [0.4, 0.5) is 0 Å². The van der Waals surface area contributed by atoms with Crippen LogP contribution < -0.4 is 10.0 Å². The van der Waals surface area contributed by atoms with E-state index in [0.717, 1.165) is 6.42 Å². The second kappa shape index (κ2) is 7.60. The predicted molar refractivity (Wildman–Crippen MR) is 80.7 cm³/mol. The first-order valence-electron chi connectivity index (χ1n) is 7.55. The van der Waals surface area contributed by atoms with Crippen LogP contribution in [0.2, 0.25) is 0 Å². The second-order valence-corrected chi connectivity index (χ2v) is 8.42. The van der Waals surface area contributed by atoms with E-state index in [1.165, 1.54) is 32.1 Å². The summed E-state index contributed by atoms with van der Waals surface area (Å²) in [5.41, 5.74) is 0.0478. The summed E-state index contributed by atoms with van der Waals surface area (Å²) in [5, 5.41) is 3.23. The van der Waals surface area contributed by atoms with Gasteiger partial charge in [-0.15, -0.1) is 0 Å². The highest BCUT2D eigenvalue weighted by atomic mass is 32.2. The molecule has 0 heterocycles. The Balaban J connectivity index is 2.19. The summed E-state index contributed by atoms with van der Waals surface area (Å²) in [6.45, 7) is 7.56. The maximum Gasteiger partial charge on any atom is 0.212 e. The van der Waals surface area contributed by atoms with Crippen molar-refractivity contribution in [3.8, 4) is 0 Å². The van der Waals surface area contributed by atoms with Gasteiger partial charge in [-0.3, -0.25) is 0 Å². The topological polar surface area (TPSA) is 58.2 Å². The minimum atomic E-state index is -3.13. The van der Waals surface area contributed by atoms with Gasteiger partial charge in [-0.05, 0) is 24.7 Å². The SMILES string of the molecule is CCCCCC(C)(C)CNS(=O)(=O)CCNC1CC1. The lowest BCUT2D eigenvalue weighted by Crippen LogP contribution is -2.38. The van der Waals surface area contributed by atoms with E-state index >= 15 is 0 Å². The smallest absolute Gasteiger partial charge is 0.212 e. The second-order valence-electron chi connectivity index (χ2n) is 6.49. The van der Waals surface area contributed by atoms with Crippen LogP contribution in [0.5, 0.6) is 0 Å². The van der Waals surface area contributed by atoms with Crippen molar-refractivity contribution in [1.29, 1.82) is 0 Å². The molecule has 0 aromatic heterocycles. The third kappa shape index (κ3) is 8.60. The Bertz CT molecular complexity index is 348. The summed E-state index contributed by atoms with van der Waals surface area (Å²) in [7, 11) is -3.13. The third-order valence-electron chi connectivity index (χ3n) is 3.61. The molecule has 1 rings (SSSR count). The first-order chi connectivity index (χ1) is 8.85. The largest absolute Gasteiger partial charge is 0.313 e. The molecular weight excluding hydrogens is 260 g/mol. The quantitative estimate of drug-likeness (QED) is 0.574. The molecule has 0 bridgehead atoms. The van der Waals surface area contributed by atoms with Crippen LogP contribution >= 0.6 is 0 Å². The normalized spacial score (nSPS) is 16.8. The van der Waals surface area contributed by atoms with Crippen molar-refractivity contribution in [3.63, 3.8) is 0 Å². The van der Waals surface area contributed by atoms with Crippen molar-refractivity contribution in [2.75, 3.05) is 18.8 Å². The van der Waals surface area contributed by atoms with Crippen molar-refractivity contribution in [1.82, 2.24) is 10.0 Å². The predicted octanol–water partition coefficient (Wildman–Crippen LogP) is 2.26. The molecule has 114 valence electrons.